The standard InChI is InChI=1S/C19H32N2/c1-4-12-21(15-19-6-5-11-20-19)14-18-9-7-17(8-10-18)13-16(2)3/h7-10,16,19-20H,4-6,11-15H2,1-3H3. The second-order valence-electron chi connectivity index (χ2n) is 6.94. The molecule has 0 aliphatic carbocycles. The summed E-state index contributed by atoms with van der Waals surface area (Å²) in [5.41, 5.74) is 2.92. The Labute approximate surface area is 130 Å². The van der Waals surface area contributed by atoms with Crippen LogP contribution in [0.2, 0.25) is 0 Å². The van der Waals surface area contributed by atoms with Gasteiger partial charge in [-0.1, -0.05) is 45.0 Å². The van der Waals surface area contributed by atoms with Crippen LogP contribution in [0, 0.1) is 5.92 Å². The number of hydrogen-bond donors (Lipinski definition) is 1. The van der Waals surface area contributed by atoms with Crippen LogP contribution >= 0.6 is 0 Å². The van der Waals surface area contributed by atoms with Crippen LogP contribution in [0.25, 0.3) is 0 Å². The van der Waals surface area contributed by atoms with E-state index in [-0.39, 0.29) is 0 Å². The molecule has 0 amide bonds. The Bertz CT molecular complexity index is 391. The highest BCUT2D eigenvalue weighted by Gasteiger charge is 2.17. The van der Waals surface area contributed by atoms with Gasteiger partial charge in [0.05, 0.1) is 0 Å². The number of rotatable bonds is 8. The maximum absolute atomic E-state index is 3.62. The second kappa shape index (κ2) is 8.55. The first-order chi connectivity index (χ1) is 10.2. The molecule has 1 aromatic rings. The first-order valence-corrected chi connectivity index (χ1v) is 8.71. The number of nitrogens with one attached hydrogen (secondary N) is 1. The summed E-state index contributed by atoms with van der Waals surface area (Å²) in [6, 6.07) is 9.97. The van der Waals surface area contributed by atoms with Crippen molar-refractivity contribution >= 4 is 0 Å². The third kappa shape index (κ3) is 5.80. The molecule has 1 N–H and O–H groups in total. The highest BCUT2D eigenvalue weighted by atomic mass is 15.1. The zero-order chi connectivity index (χ0) is 15.1. The number of nitrogens with zero attached hydrogens (tertiary/aromatic N) is 1. The van der Waals surface area contributed by atoms with Crippen LogP contribution in [0.3, 0.4) is 0 Å². The molecular formula is C19H32N2. The fourth-order valence-corrected chi connectivity index (χ4v) is 3.29. The van der Waals surface area contributed by atoms with E-state index in [0.29, 0.717) is 6.04 Å². The third-order valence-corrected chi connectivity index (χ3v) is 4.25. The minimum atomic E-state index is 0.705. The van der Waals surface area contributed by atoms with E-state index in [0.717, 1.165) is 12.5 Å². The molecule has 1 aliphatic rings. The van der Waals surface area contributed by atoms with Crippen LogP contribution in [0.5, 0.6) is 0 Å². The summed E-state index contributed by atoms with van der Waals surface area (Å²) in [7, 11) is 0. The second-order valence-corrected chi connectivity index (χ2v) is 6.94. The SMILES string of the molecule is CCCN(Cc1ccc(CC(C)C)cc1)CC1CCCN1. The van der Waals surface area contributed by atoms with Crippen LogP contribution in [-0.4, -0.2) is 30.6 Å². The van der Waals surface area contributed by atoms with E-state index in [4.69, 9.17) is 0 Å². The lowest BCUT2D eigenvalue weighted by atomic mass is 10.0. The minimum absolute atomic E-state index is 0.705. The Kier molecular flexibility index (Phi) is 6.72. The normalized spacial score (nSPS) is 18.8. The fraction of sp³-hybridized carbons (Fsp3) is 0.684. The maximum Gasteiger partial charge on any atom is 0.0234 e. The molecule has 0 spiro atoms. The van der Waals surface area contributed by atoms with Gasteiger partial charge in [-0.3, -0.25) is 4.90 Å². The highest BCUT2D eigenvalue weighted by Crippen LogP contribution is 2.13. The summed E-state index contributed by atoms with van der Waals surface area (Å²) in [5.74, 6) is 0.737. The van der Waals surface area contributed by atoms with Gasteiger partial charge in [-0.15, -0.1) is 0 Å². The lowest BCUT2D eigenvalue weighted by Gasteiger charge is -2.25. The van der Waals surface area contributed by atoms with Crippen molar-refractivity contribution in [2.45, 2.75) is 59.0 Å². The number of hydrogen-bond acceptors (Lipinski definition) is 2. The average molecular weight is 288 g/mol. The van der Waals surface area contributed by atoms with Gasteiger partial charge >= 0.3 is 0 Å². The Morgan fingerprint density at radius 1 is 1.19 bits per heavy atom. The molecule has 2 heteroatoms. The quantitative estimate of drug-likeness (QED) is 0.781. The highest BCUT2D eigenvalue weighted by molar-refractivity contribution is 5.22. The van der Waals surface area contributed by atoms with Crippen molar-refractivity contribution in [1.82, 2.24) is 10.2 Å². The molecule has 2 nitrogen and oxygen atoms in total. The molecule has 1 fully saturated rings. The molecular weight excluding hydrogens is 256 g/mol. The molecule has 1 saturated heterocycles. The average Bonchev–Trinajstić information content (AvgIpc) is 2.93. The summed E-state index contributed by atoms with van der Waals surface area (Å²) in [4.78, 5) is 2.61. The molecule has 0 bridgehead atoms. The molecule has 21 heavy (non-hydrogen) atoms. The Morgan fingerprint density at radius 2 is 1.90 bits per heavy atom. The van der Waals surface area contributed by atoms with E-state index in [1.54, 1.807) is 0 Å². The maximum atomic E-state index is 3.62. The predicted octanol–water partition coefficient (Wildman–Crippen LogP) is 3.85. The lowest BCUT2D eigenvalue weighted by Crippen LogP contribution is -2.37. The van der Waals surface area contributed by atoms with Gasteiger partial charge in [-0.2, -0.15) is 0 Å². The van der Waals surface area contributed by atoms with Gasteiger partial charge in [-0.05, 0) is 55.8 Å². The molecule has 1 unspecified atom stereocenters. The van der Waals surface area contributed by atoms with Gasteiger partial charge in [0.2, 0.25) is 0 Å². The van der Waals surface area contributed by atoms with Crippen LogP contribution in [-0.2, 0) is 13.0 Å². The van der Waals surface area contributed by atoms with Gasteiger partial charge in [0.25, 0.3) is 0 Å². The van der Waals surface area contributed by atoms with E-state index >= 15 is 0 Å². The van der Waals surface area contributed by atoms with E-state index in [2.05, 4.69) is 55.3 Å². The predicted molar refractivity (Wildman–Crippen MR) is 91.6 cm³/mol. The van der Waals surface area contributed by atoms with Crippen molar-refractivity contribution in [3.05, 3.63) is 35.4 Å². The third-order valence-electron chi connectivity index (χ3n) is 4.25. The van der Waals surface area contributed by atoms with E-state index in [1.807, 2.05) is 0 Å². The van der Waals surface area contributed by atoms with Gasteiger partial charge in [0.1, 0.15) is 0 Å². The van der Waals surface area contributed by atoms with Crippen molar-refractivity contribution in [1.29, 1.82) is 0 Å². The van der Waals surface area contributed by atoms with E-state index < -0.39 is 0 Å². The van der Waals surface area contributed by atoms with Crippen molar-refractivity contribution < 1.29 is 0 Å². The summed E-state index contributed by atoms with van der Waals surface area (Å²) < 4.78 is 0. The van der Waals surface area contributed by atoms with Crippen molar-refractivity contribution in [3.63, 3.8) is 0 Å². The largest absolute Gasteiger partial charge is 0.313 e. The molecule has 1 heterocycles. The molecule has 0 saturated carbocycles. The van der Waals surface area contributed by atoms with Crippen molar-refractivity contribution in [3.8, 4) is 0 Å². The zero-order valence-electron chi connectivity index (χ0n) is 14.1. The topological polar surface area (TPSA) is 15.3 Å². The van der Waals surface area contributed by atoms with Gasteiger partial charge < -0.3 is 5.32 Å². The molecule has 0 radical (unpaired) electrons. The monoisotopic (exact) mass is 288 g/mol. The van der Waals surface area contributed by atoms with Crippen LogP contribution in [0.15, 0.2) is 24.3 Å². The van der Waals surface area contributed by atoms with Crippen LogP contribution in [0.4, 0.5) is 0 Å². The Balaban J connectivity index is 1.89. The first kappa shape index (κ1) is 16.5. The van der Waals surface area contributed by atoms with Gasteiger partial charge in [-0.25, -0.2) is 0 Å². The molecule has 0 aromatic heterocycles. The Hall–Kier alpha value is -0.860. The van der Waals surface area contributed by atoms with Crippen molar-refractivity contribution in [2.24, 2.45) is 5.92 Å². The molecule has 118 valence electrons. The van der Waals surface area contributed by atoms with Crippen LogP contribution < -0.4 is 5.32 Å². The molecule has 1 aromatic carbocycles. The molecule has 1 atom stereocenters. The minimum Gasteiger partial charge on any atom is -0.313 e. The smallest absolute Gasteiger partial charge is 0.0234 e. The fourth-order valence-electron chi connectivity index (χ4n) is 3.29. The van der Waals surface area contributed by atoms with Gasteiger partial charge in [0, 0.05) is 19.1 Å². The zero-order valence-corrected chi connectivity index (χ0v) is 14.1. The summed E-state index contributed by atoms with van der Waals surface area (Å²) in [6.07, 6.45) is 5.10. The summed E-state index contributed by atoms with van der Waals surface area (Å²) >= 11 is 0. The lowest BCUT2D eigenvalue weighted by molar-refractivity contribution is 0.241. The number of benzene rings is 1. The summed E-state index contributed by atoms with van der Waals surface area (Å²) in [5, 5.41) is 3.62. The summed E-state index contributed by atoms with van der Waals surface area (Å²) in [6.45, 7) is 11.5. The van der Waals surface area contributed by atoms with E-state index in [9.17, 15) is 0 Å². The first-order valence-electron chi connectivity index (χ1n) is 8.71. The molecule has 2 rings (SSSR count). The Morgan fingerprint density at radius 3 is 2.48 bits per heavy atom. The molecule has 1 aliphatic heterocycles. The van der Waals surface area contributed by atoms with Crippen LogP contribution in [0.1, 0.15) is 51.2 Å². The van der Waals surface area contributed by atoms with Crippen molar-refractivity contribution in [2.75, 3.05) is 19.6 Å². The van der Waals surface area contributed by atoms with E-state index in [1.165, 1.54) is 56.4 Å². The van der Waals surface area contributed by atoms with Gasteiger partial charge in [0.15, 0.2) is 0 Å².